The first-order chi connectivity index (χ1) is 13.5. The number of nitrogens with zero attached hydrogens (tertiary/aromatic N) is 1. The number of nitrogens with two attached hydrogens (primary N) is 1. The Morgan fingerprint density at radius 1 is 1.14 bits per heavy atom. The van der Waals surface area contributed by atoms with Gasteiger partial charge < -0.3 is 11.1 Å². The van der Waals surface area contributed by atoms with Crippen LogP contribution in [0.2, 0.25) is 0 Å². The molecule has 0 spiro atoms. The number of hydrogen-bond donors (Lipinski definition) is 4. The van der Waals surface area contributed by atoms with Crippen molar-refractivity contribution in [3.63, 3.8) is 0 Å². The van der Waals surface area contributed by atoms with Crippen molar-refractivity contribution >= 4 is 46.2 Å². The second-order valence-corrected chi connectivity index (χ2v) is 7.68. The molecule has 3 rings (SSSR count). The van der Waals surface area contributed by atoms with Crippen molar-refractivity contribution in [3.8, 4) is 0 Å². The number of carbonyl (C=O) groups excluding carboxylic acids is 2. The topological polar surface area (TPSA) is 113 Å². The van der Waals surface area contributed by atoms with Gasteiger partial charge in [0.1, 0.15) is 0 Å². The summed E-state index contributed by atoms with van der Waals surface area (Å²) in [7, 11) is 0. The van der Waals surface area contributed by atoms with Crippen LogP contribution in [0, 0.1) is 3.95 Å². The number of rotatable bonds is 7. The maximum Gasteiger partial charge on any atom is 0.259 e. The molecule has 9 heteroatoms. The molecule has 7 nitrogen and oxygen atoms in total. The van der Waals surface area contributed by atoms with E-state index in [1.165, 1.54) is 0 Å². The van der Waals surface area contributed by atoms with Crippen LogP contribution >= 0.6 is 23.6 Å². The molecule has 0 unspecified atom stereocenters. The first kappa shape index (κ1) is 19.7. The number of aromatic amines is 1. The normalized spacial score (nSPS) is 10.4. The van der Waals surface area contributed by atoms with E-state index in [0.717, 1.165) is 22.5 Å². The molecule has 0 atom stereocenters. The largest absolute Gasteiger partial charge is 0.398 e. The molecule has 0 saturated heterocycles. The van der Waals surface area contributed by atoms with E-state index in [1.807, 2.05) is 36.4 Å². The highest BCUT2D eigenvalue weighted by atomic mass is 32.1. The Morgan fingerprint density at radius 2 is 1.93 bits per heavy atom. The number of aromatic nitrogens is 2. The van der Waals surface area contributed by atoms with Gasteiger partial charge in [0.2, 0.25) is 11.0 Å². The van der Waals surface area contributed by atoms with Crippen LogP contribution in [-0.2, 0) is 17.8 Å². The van der Waals surface area contributed by atoms with Gasteiger partial charge in [-0.3, -0.25) is 20.0 Å². The summed E-state index contributed by atoms with van der Waals surface area (Å²) in [6.45, 7) is 0.479. The van der Waals surface area contributed by atoms with Gasteiger partial charge in [-0.2, -0.15) is 0 Å². The summed E-state index contributed by atoms with van der Waals surface area (Å²) in [5.74, 6) is -0.444. The fraction of sp³-hybridized carbons (Fsp3) is 0.158. The predicted octanol–water partition coefficient (Wildman–Crippen LogP) is 3.28. The number of hydrogen-bond acceptors (Lipinski definition) is 6. The van der Waals surface area contributed by atoms with E-state index < -0.39 is 0 Å². The second kappa shape index (κ2) is 9.25. The van der Waals surface area contributed by atoms with Gasteiger partial charge in [0.15, 0.2) is 3.95 Å². The summed E-state index contributed by atoms with van der Waals surface area (Å²) >= 11 is 6.11. The summed E-state index contributed by atoms with van der Waals surface area (Å²) in [5, 5.41) is 12.4. The van der Waals surface area contributed by atoms with Gasteiger partial charge in [-0.25, -0.2) is 0 Å². The van der Waals surface area contributed by atoms with Crippen molar-refractivity contribution in [1.82, 2.24) is 15.5 Å². The lowest BCUT2D eigenvalue weighted by molar-refractivity contribution is -0.121. The summed E-state index contributed by atoms with van der Waals surface area (Å²) < 4.78 is 0.471. The number of aryl methyl sites for hydroxylation is 1. The lowest BCUT2D eigenvalue weighted by Gasteiger charge is -2.11. The Balaban J connectivity index is 1.58. The fourth-order valence-electron chi connectivity index (χ4n) is 2.61. The molecule has 3 aromatic rings. The molecule has 0 aliphatic rings. The van der Waals surface area contributed by atoms with E-state index >= 15 is 0 Å². The van der Waals surface area contributed by atoms with Gasteiger partial charge in [-0.15, -0.1) is 5.10 Å². The fourth-order valence-corrected chi connectivity index (χ4v) is 3.39. The molecule has 2 amide bonds. The van der Waals surface area contributed by atoms with Crippen molar-refractivity contribution in [2.75, 3.05) is 11.1 Å². The van der Waals surface area contributed by atoms with Crippen LogP contribution < -0.4 is 16.4 Å². The Labute approximate surface area is 171 Å². The summed E-state index contributed by atoms with van der Waals surface area (Å²) in [4.78, 5) is 24.6. The average Bonchev–Trinajstić information content (AvgIpc) is 3.11. The summed E-state index contributed by atoms with van der Waals surface area (Å²) in [6, 6.07) is 14.9. The minimum atomic E-state index is -0.370. The first-order valence-electron chi connectivity index (χ1n) is 8.58. The van der Waals surface area contributed by atoms with Crippen molar-refractivity contribution in [1.29, 1.82) is 0 Å². The quantitative estimate of drug-likeness (QED) is 0.351. The monoisotopic (exact) mass is 413 g/mol. The number of amides is 2. The highest BCUT2D eigenvalue weighted by Gasteiger charge is 2.15. The van der Waals surface area contributed by atoms with Crippen molar-refractivity contribution in [2.45, 2.75) is 19.4 Å². The standard InChI is InChI=1S/C19H19N5O2S2/c20-16-13(9-10-15(25)21-11-12-5-2-1-3-6-12)7-4-8-14(16)17(26)22-18-23-24-19(27)28-18/h1-8H,9-11,20H2,(H,21,25)(H,24,27)(H,22,23,26). The third kappa shape index (κ3) is 5.24. The Kier molecular flexibility index (Phi) is 6.51. The molecule has 0 aliphatic carbocycles. The van der Waals surface area contributed by atoms with E-state index in [1.54, 1.807) is 12.1 Å². The van der Waals surface area contributed by atoms with E-state index in [2.05, 4.69) is 20.8 Å². The molecule has 28 heavy (non-hydrogen) atoms. The van der Waals surface area contributed by atoms with Crippen molar-refractivity contribution < 1.29 is 9.59 Å². The lowest BCUT2D eigenvalue weighted by atomic mass is 10.0. The number of H-pyrrole nitrogens is 1. The average molecular weight is 414 g/mol. The number of para-hydroxylation sites is 1. The number of benzene rings is 2. The molecule has 1 heterocycles. The number of carbonyl (C=O) groups is 2. The Morgan fingerprint density at radius 3 is 2.64 bits per heavy atom. The van der Waals surface area contributed by atoms with Crippen molar-refractivity contribution in [3.05, 3.63) is 69.2 Å². The Bertz CT molecular complexity index is 1030. The molecule has 0 saturated carbocycles. The van der Waals surface area contributed by atoms with Crippen LogP contribution in [0.4, 0.5) is 10.8 Å². The van der Waals surface area contributed by atoms with Gasteiger partial charge in [0.25, 0.3) is 5.91 Å². The molecule has 1 aromatic heterocycles. The maximum absolute atomic E-state index is 12.4. The van der Waals surface area contributed by atoms with Gasteiger partial charge >= 0.3 is 0 Å². The number of anilines is 2. The molecule has 0 fully saturated rings. The minimum absolute atomic E-state index is 0.0746. The number of nitrogens with one attached hydrogen (secondary N) is 3. The summed E-state index contributed by atoms with van der Waals surface area (Å²) in [6.07, 6.45) is 0.720. The van der Waals surface area contributed by atoms with Gasteiger partial charge in [-0.05, 0) is 35.8 Å². The third-order valence-corrected chi connectivity index (χ3v) is 5.06. The first-order valence-corrected chi connectivity index (χ1v) is 9.80. The van der Waals surface area contributed by atoms with Crippen LogP contribution in [0.3, 0.4) is 0 Å². The predicted molar refractivity (Wildman–Crippen MR) is 113 cm³/mol. The molecule has 0 radical (unpaired) electrons. The van der Waals surface area contributed by atoms with Crippen LogP contribution in [0.1, 0.15) is 27.9 Å². The molecular weight excluding hydrogens is 394 g/mol. The molecule has 2 aromatic carbocycles. The van der Waals surface area contributed by atoms with E-state index in [0.29, 0.717) is 33.3 Å². The lowest BCUT2D eigenvalue weighted by Crippen LogP contribution is -2.23. The van der Waals surface area contributed by atoms with Gasteiger partial charge in [0, 0.05) is 18.7 Å². The Hall–Kier alpha value is -3.04. The third-order valence-electron chi connectivity index (χ3n) is 4.05. The molecule has 0 aliphatic heterocycles. The summed E-state index contributed by atoms with van der Waals surface area (Å²) in [5.41, 5.74) is 8.63. The maximum atomic E-state index is 12.4. The van der Waals surface area contributed by atoms with E-state index in [9.17, 15) is 9.59 Å². The zero-order valence-corrected chi connectivity index (χ0v) is 16.5. The smallest absolute Gasteiger partial charge is 0.259 e. The highest BCUT2D eigenvalue weighted by Crippen LogP contribution is 2.21. The molecule has 0 bridgehead atoms. The molecular formula is C19H19N5O2S2. The zero-order valence-electron chi connectivity index (χ0n) is 14.9. The second-order valence-electron chi connectivity index (χ2n) is 6.01. The van der Waals surface area contributed by atoms with Crippen LogP contribution in [0.15, 0.2) is 48.5 Å². The van der Waals surface area contributed by atoms with Crippen molar-refractivity contribution in [2.24, 2.45) is 0 Å². The van der Waals surface area contributed by atoms with E-state index in [-0.39, 0.29) is 18.2 Å². The van der Waals surface area contributed by atoms with Gasteiger partial charge in [-0.1, -0.05) is 53.8 Å². The van der Waals surface area contributed by atoms with Gasteiger partial charge in [0.05, 0.1) is 5.56 Å². The molecule has 144 valence electrons. The minimum Gasteiger partial charge on any atom is -0.398 e. The molecule has 5 N–H and O–H groups in total. The zero-order chi connectivity index (χ0) is 19.9. The number of nitrogen functional groups attached to an aromatic ring is 1. The van der Waals surface area contributed by atoms with E-state index in [4.69, 9.17) is 18.0 Å². The highest BCUT2D eigenvalue weighted by molar-refractivity contribution is 7.73. The van der Waals surface area contributed by atoms with Crippen LogP contribution in [0.25, 0.3) is 0 Å². The SMILES string of the molecule is Nc1c(CCC(=O)NCc2ccccc2)cccc1C(=O)Nc1n[nH]c(=S)s1. The van der Waals surface area contributed by atoms with Crippen LogP contribution in [0.5, 0.6) is 0 Å². The van der Waals surface area contributed by atoms with Crippen LogP contribution in [-0.4, -0.2) is 22.0 Å².